The van der Waals surface area contributed by atoms with Gasteiger partial charge in [0, 0.05) is 19.3 Å². The van der Waals surface area contributed by atoms with Crippen molar-refractivity contribution < 1.29 is 13.2 Å². The van der Waals surface area contributed by atoms with E-state index in [0.29, 0.717) is 23.7 Å². The van der Waals surface area contributed by atoms with Crippen LogP contribution < -0.4 is 4.90 Å². The molecule has 0 bridgehead atoms. The van der Waals surface area contributed by atoms with Crippen molar-refractivity contribution in [3.05, 3.63) is 28.7 Å². The zero-order valence-corrected chi connectivity index (χ0v) is 13.3. The van der Waals surface area contributed by atoms with E-state index < -0.39 is 11.9 Å². The zero-order chi connectivity index (χ0) is 16.6. The van der Waals surface area contributed by atoms with E-state index in [-0.39, 0.29) is 11.2 Å². The number of hydrogen-bond donors (Lipinski definition) is 0. The van der Waals surface area contributed by atoms with Crippen LogP contribution in [0.25, 0.3) is 0 Å². The number of piperidine rings is 1. The lowest BCUT2D eigenvalue weighted by atomic mass is 10.1. The second-order valence-electron chi connectivity index (χ2n) is 5.19. The van der Waals surface area contributed by atoms with Gasteiger partial charge in [-0.3, -0.25) is 4.68 Å². The van der Waals surface area contributed by atoms with Crippen LogP contribution >= 0.6 is 23.1 Å². The van der Waals surface area contributed by atoms with Crippen molar-refractivity contribution >= 4 is 28.1 Å². The van der Waals surface area contributed by atoms with E-state index in [2.05, 4.69) is 9.47 Å². The molecule has 0 spiro atoms. The van der Waals surface area contributed by atoms with Gasteiger partial charge in [0.05, 0.1) is 6.04 Å². The molecular formula is C13H11ClF3N5S. The second kappa shape index (κ2) is 6.02. The zero-order valence-electron chi connectivity index (χ0n) is 11.7. The van der Waals surface area contributed by atoms with Gasteiger partial charge in [-0.15, -0.1) is 0 Å². The van der Waals surface area contributed by atoms with Crippen LogP contribution in [0.2, 0.25) is 5.15 Å². The van der Waals surface area contributed by atoms with E-state index in [4.69, 9.17) is 16.9 Å². The summed E-state index contributed by atoms with van der Waals surface area (Å²) in [6, 6.07) is 2.81. The second-order valence-corrected chi connectivity index (χ2v) is 6.30. The molecule has 1 unspecified atom stereocenters. The molecule has 3 heterocycles. The van der Waals surface area contributed by atoms with Gasteiger partial charge in [-0.1, -0.05) is 11.6 Å². The third-order valence-corrected chi connectivity index (χ3v) is 4.98. The SMILES string of the molecule is N#Cc1c(Cl)nsc1N1CCCC(n2ccc(C(F)(F)F)n2)C1. The maximum Gasteiger partial charge on any atom is 0.435 e. The molecule has 5 nitrogen and oxygen atoms in total. The first-order chi connectivity index (χ1) is 10.9. The Bertz CT molecular complexity index is 748. The van der Waals surface area contributed by atoms with E-state index in [1.54, 1.807) is 0 Å². The summed E-state index contributed by atoms with van der Waals surface area (Å²) in [4.78, 5) is 1.94. The van der Waals surface area contributed by atoms with Crippen LogP contribution in [0.5, 0.6) is 0 Å². The summed E-state index contributed by atoms with van der Waals surface area (Å²) in [5, 5.41) is 13.6. The number of anilines is 1. The fourth-order valence-corrected chi connectivity index (χ4v) is 3.68. The van der Waals surface area contributed by atoms with Gasteiger partial charge < -0.3 is 4.90 Å². The van der Waals surface area contributed by atoms with Gasteiger partial charge in [-0.25, -0.2) is 0 Å². The standard InChI is InChI=1S/C13H11ClF3N5S/c14-11-9(6-18)12(23-20-11)21-4-1-2-8(7-21)22-5-3-10(19-22)13(15,16)17/h3,5,8H,1-2,4,7H2. The molecule has 0 aromatic carbocycles. The molecular weight excluding hydrogens is 351 g/mol. The average Bonchev–Trinajstić information content (AvgIpc) is 3.13. The van der Waals surface area contributed by atoms with Crippen molar-refractivity contribution in [3.63, 3.8) is 0 Å². The predicted octanol–water partition coefficient (Wildman–Crippen LogP) is 3.72. The largest absolute Gasteiger partial charge is 0.435 e. The first kappa shape index (κ1) is 16.1. The molecule has 1 aliphatic rings. The van der Waals surface area contributed by atoms with Gasteiger partial charge in [0.2, 0.25) is 0 Å². The van der Waals surface area contributed by atoms with Crippen LogP contribution in [0.3, 0.4) is 0 Å². The topological polar surface area (TPSA) is 57.7 Å². The number of alkyl halides is 3. The highest BCUT2D eigenvalue weighted by atomic mass is 35.5. The summed E-state index contributed by atoms with van der Waals surface area (Å²) >= 11 is 7.00. The Morgan fingerprint density at radius 3 is 2.87 bits per heavy atom. The Hall–Kier alpha value is -1.79. The maximum absolute atomic E-state index is 12.7. The summed E-state index contributed by atoms with van der Waals surface area (Å²) in [5.41, 5.74) is -0.582. The molecule has 0 N–H and O–H groups in total. The highest BCUT2D eigenvalue weighted by molar-refractivity contribution is 7.10. The molecule has 1 fully saturated rings. The van der Waals surface area contributed by atoms with Gasteiger partial charge in [0.25, 0.3) is 0 Å². The molecule has 1 saturated heterocycles. The highest BCUT2D eigenvalue weighted by Crippen LogP contribution is 2.35. The molecule has 0 aliphatic carbocycles. The van der Waals surface area contributed by atoms with Crippen molar-refractivity contribution in [1.82, 2.24) is 14.2 Å². The molecule has 1 aliphatic heterocycles. The molecule has 2 aromatic rings. The lowest BCUT2D eigenvalue weighted by molar-refractivity contribution is -0.141. The molecule has 122 valence electrons. The fraction of sp³-hybridized carbons (Fsp3) is 0.462. The number of nitrogens with zero attached hydrogens (tertiary/aromatic N) is 5. The summed E-state index contributed by atoms with van der Waals surface area (Å²) in [6.07, 6.45) is -1.59. The molecule has 1 atom stereocenters. The van der Waals surface area contributed by atoms with E-state index in [1.807, 2.05) is 11.0 Å². The molecule has 0 saturated carbocycles. The lowest BCUT2D eigenvalue weighted by Crippen LogP contribution is -2.36. The predicted molar refractivity (Wildman–Crippen MR) is 79.6 cm³/mol. The van der Waals surface area contributed by atoms with Crippen LogP contribution in [0, 0.1) is 11.3 Å². The van der Waals surface area contributed by atoms with Gasteiger partial charge in [-0.05, 0) is 30.4 Å². The monoisotopic (exact) mass is 361 g/mol. The normalized spacial score (nSPS) is 18.9. The fourth-order valence-electron chi connectivity index (χ4n) is 2.62. The van der Waals surface area contributed by atoms with Gasteiger partial charge >= 0.3 is 6.18 Å². The minimum absolute atomic E-state index is 0.160. The summed E-state index contributed by atoms with van der Waals surface area (Å²) in [6.45, 7) is 1.17. The summed E-state index contributed by atoms with van der Waals surface area (Å²) in [5.74, 6) is 0. The number of halogens is 4. The van der Waals surface area contributed by atoms with Crippen molar-refractivity contribution in [2.24, 2.45) is 0 Å². The average molecular weight is 362 g/mol. The van der Waals surface area contributed by atoms with E-state index in [9.17, 15) is 13.2 Å². The Morgan fingerprint density at radius 1 is 1.43 bits per heavy atom. The third-order valence-electron chi connectivity index (χ3n) is 3.70. The van der Waals surface area contributed by atoms with E-state index in [0.717, 1.165) is 30.4 Å². The summed E-state index contributed by atoms with van der Waals surface area (Å²) in [7, 11) is 0. The Balaban J connectivity index is 1.81. The summed E-state index contributed by atoms with van der Waals surface area (Å²) < 4.78 is 43.3. The van der Waals surface area contributed by atoms with Crippen molar-refractivity contribution in [1.29, 1.82) is 5.26 Å². The molecule has 3 rings (SSSR count). The number of nitriles is 1. The smallest absolute Gasteiger partial charge is 0.359 e. The molecule has 0 amide bonds. The number of hydrogen-bond acceptors (Lipinski definition) is 5. The molecule has 23 heavy (non-hydrogen) atoms. The van der Waals surface area contributed by atoms with Crippen LogP contribution in [-0.4, -0.2) is 27.2 Å². The first-order valence-corrected chi connectivity index (χ1v) is 7.98. The minimum atomic E-state index is -4.45. The lowest BCUT2D eigenvalue weighted by Gasteiger charge is -2.33. The Kier molecular flexibility index (Phi) is 4.21. The van der Waals surface area contributed by atoms with Crippen LogP contribution in [-0.2, 0) is 6.18 Å². The minimum Gasteiger partial charge on any atom is -0.359 e. The van der Waals surface area contributed by atoms with Crippen LogP contribution in [0.4, 0.5) is 18.2 Å². The first-order valence-electron chi connectivity index (χ1n) is 6.82. The number of rotatable bonds is 2. The Labute approximate surface area is 139 Å². The number of aromatic nitrogens is 3. The van der Waals surface area contributed by atoms with Gasteiger partial charge in [0.15, 0.2) is 10.8 Å². The van der Waals surface area contributed by atoms with Crippen molar-refractivity contribution in [2.75, 3.05) is 18.0 Å². The molecule has 2 aromatic heterocycles. The maximum atomic E-state index is 12.7. The van der Waals surface area contributed by atoms with Gasteiger partial charge in [0.1, 0.15) is 16.6 Å². The quantitative estimate of drug-likeness (QED) is 0.818. The third kappa shape index (κ3) is 3.14. The van der Waals surface area contributed by atoms with E-state index >= 15 is 0 Å². The van der Waals surface area contributed by atoms with Crippen molar-refractivity contribution in [3.8, 4) is 6.07 Å². The highest BCUT2D eigenvalue weighted by Gasteiger charge is 2.35. The van der Waals surface area contributed by atoms with Gasteiger partial charge in [-0.2, -0.15) is 27.9 Å². The van der Waals surface area contributed by atoms with Crippen LogP contribution in [0.1, 0.15) is 30.1 Å². The van der Waals surface area contributed by atoms with E-state index in [1.165, 1.54) is 10.9 Å². The molecule has 10 heteroatoms. The van der Waals surface area contributed by atoms with Crippen molar-refractivity contribution in [2.45, 2.75) is 25.1 Å². The van der Waals surface area contributed by atoms with Crippen LogP contribution in [0.15, 0.2) is 12.3 Å². The molecule has 0 radical (unpaired) electrons. The Morgan fingerprint density at radius 2 is 2.22 bits per heavy atom.